The molecule has 0 spiro atoms. The molecule has 19 heavy (non-hydrogen) atoms. The summed E-state index contributed by atoms with van der Waals surface area (Å²) in [6.07, 6.45) is 0. The maximum Gasteiger partial charge on any atom is 0.264 e. The zero-order chi connectivity index (χ0) is 13.8. The van der Waals surface area contributed by atoms with Gasteiger partial charge in [-0.15, -0.1) is 0 Å². The third-order valence-corrected chi connectivity index (χ3v) is 3.15. The number of benzene rings is 1. The lowest BCUT2D eigenvalue weighted by Gasteiger charge is -2.26. The van der Waals surface area contributed by atoms with Crippen LogP contribution in [0.5, 0.6) is 5.75 Å². The molecule has 0 radical (unpaired) electrons. The van der Waals surface area contributed by atoms with Crippen molar-refractivity contribution in [1.29, 1.82) is 0 Å². The van der Waals surface area contributed by atoms with Crippen LogP contribution in [0, 0.1) is 0 Å². The zero-order valence-electron chi connectivity index (χ0n) is 11.1. The Bertz CT molecular complexity index is 464. The summed E-state index contributed by atoms with van der Waals surface area (Å²) >= 11 is 0. The summed E-state index contributed by atoms with van der Waals surface area (Å²) in [4.78, 5) is 13.2. The van der Waals surface area contributed by atoms with E-state index in [-0.39, 0.29) is 18.6 Å². The van der Waals surface area contributed by atoms with Crippen molar-refractivity contribution in [2.45, 2.75) is 12.6 Å². The first-order valence-corrected chi connectivity index (χ1v) is 6.30. The van der Waals surface area contributed by atoms with Gasteiger partial charge in [-0.25, -0.2) is 0 Å². The summed E-state index contributed by atoms with van der Waals surface area (Å²) in [6, 6.07) is 5.78. The van der Waals surface area contributed by atoms with Gasteiger partial charge in [0.2, 0.25) is 0 Å². The Balaban J connectivity index is 2.02. The molecule has 6 heteroatoms. The number of anilines is 1. The molecule has 1 aromatic rings. The van der Waals surface area contributed by atoms with Crippen molar-refractivity contribution in [2.75, 3.05) is 31.6 Å². The lowest BCUT2D eigenvalue weighted by molar-refractivity contribution is -0.120. The average molecular weight is 264 g/mol. The second kappa shape index (κ2) is 6.01. The van der Waals surface area contributed by atoms with Crippen molar-refractivity contribution in [3.05, 3.63) is 23.8 Å². The third kappa shape index (κ3) is 3.23. The molecule has 0 fully saturated rings. The molecule has 0 saturated heterocycles. The van der Waals surface area contributed by atoms with E-state index < -0.39 is 0 Å². The van der Waals surface area contributed by atoms with Crippen molar-refractivity contribution in [2.24, 2.45) is 11.5 Å². The van der Waals surface area contributed by atoms with Crippen molar-refractivity contribution >= 4 is 11.6 Å². The highest BCUT2D eigenvalue weighted by Crippen LogP contribution is 2.31. The summed E-state index contributed by atoms with van der Waals surface area (Å²) < 4.78 is 5.37. The highest BCUT2D eigenvalue weighted by atomic mass is 16.5. The fraction of sp³-hybridized carbons (Fsp3) is 0.462. The van der Waals surface area contributed by atoms with Crippen molar-refractivity contribution in [3.63, 3.8) is 0 Å². The van der Waals surface area contributed by atoms with E-state index in [1.165, 1.54) is 0 Å². The second-order valence-corrected chi connectivity index (χ2v) is 4.67. The van der Waals surface area contributed by atoms with Crippen LogP contribution in [0.25, 0.3) is 0 Å². The Morgan fingerprint density at radius 3 is 3.05 bits per heavy atom. The monoisotopic (exact) mass is 264 g/mol. The smallest absolute Gasteiger partial charge is 0.264 e. The maximum absolute atomic E-state index is 11.6. The predicted molar refractivity (Wildman–Crippen MR) is 74.1 cm³/mol. The first-order valence-electron chi connectivity index (χ1n) is 6.30. The SMILES string of the molecule is CN1C(=O)COc2ccc(CNCC(N)CN)cc21. The predicted octanol–water partition coefficient (Wildman–Crippen LogP) is -0.583. The normalized spacial score (nSPS) is 15.9. The van der Waals surface area contributed by atoms with Crippen LogP contribution in [-0.2, 0) is 11.3 Å². The largest absolute Gasteiger partial charge is 0.482 e. The fourth-order valence-electron chi connectivity index (χ4n) is 1.91. The number of hydrogen-bond donors (Lipinski definition) is 3. The molecule has 0 bridgehead atoms. The topological polar surface area (TPSA) is 93.6 Å². The molecule has 6 nitrogen and oxygen atoms in total. The molecule has 104 valence electrons. The number of fused-ring (bicyclic) bond motifs is 1. The molecule has 1 aromatic carbocycles. The zero-order valence-corrected chi connectivity index (χ0v) is 11.1. The van der Waals surface area contributed by atoms with Gasteiger partial charge < -0.3 is 26.4 Å². The van der Waals surface area contributed by atoms with Gasteiger partial charge in [0.25, 0.3) is 5.91 Å². The number of likely N-dealkylation sites (N-methyl/N-ethyl adjacent to an activating group) is 1. The number of rotatable bonds is 5. The molecule has 0 aromatic heterocycles. The molecule has 1 atom stereocenters. The van der Waals surface area contributed by atoms with Gasteiger partial charge in [0.15, 0.2) is 6.61 Å². The highest BCUT2D eigenvalue weighted by molar-refractivity contribution is 5.97. The van der Waals surface area contributed by atoms with E-state index in [1.807, 2.05) is 18.2 Å². The van der Waals surface area contributed by atoms with Crippen LogP contribution in [0.3, 0.4) is 0 Å². The second-order valence-electron chi connectivity index (χ2n) is 4.67. The van der Waals surface area contributed by atoms with Crippen LogP contribution in [0.4, 0.5) is 5.69 Å². The number of carbonyl (C=O) groups excluding carboxylic acids is 1. The standard InChI is InChI=1S/C13H20N4O2/c1-17-11-4-9(6-16-7-10(15)5-14)2-3-12(11)19-8-13(17)18/h2-4,10,16H,5-8,14-15H2,1H3. The van der Waals surface area contributed by atoms with Gasteiger partial charge in [-0.2, -0.15) is 0 Å². The summed E-state index contributed by atoms with van der Waals surface area (Å²) in [5.41, 5.74) is 13.1. The Morgan fingerprint density at radius 2 is 2.32 bits per heavy atom. The van der Waals surface area contributed by atoms with Gasteiger partial charge in [-0.3, -0.25) is 4.79 Å². The van der Waals surface area contributed by atoms with Gasteiger partial charge >= 0.3 is 0 Å². The van der Waals surface area contributed by atoms with E-state index in [0.717, 1.165) is 17.0 Å². The van der Waals surface area contributed by atoms with Crippen molar-refractivity contribution < 1.29 is 9.53 Å². The molecule has 1 aliphatic heterocycles. The number of amides is 1. The highest BCUT2D eigenvalue weighted by Gasteiger charge is 2.22. The van der Waals surface area contributed by atoms with Gasteiger partial charge in [0, 0.05) is 32.7 Å². The minimum absolute atomic E-state index is 0.0368. The third-order valence-electron chi connectivity index (χ3n) is 3.15. The van der Waals surface area contributed by atoms with Crippen LogP contribution in [0.15, 0.2) is 18.2 Å². The summed E-state index contributed by atoms with van der Waals surface area (Å²) in [5.74, 6) is 0.701. The first-order chi connectivity index (χ1) is 9.11. The van der Waals surface area contributed by atoms with E-state index >= 15 is 0 Å². The number of ether oxygens (including phenoxy) is 1. The Labute approximate surface area is 112 Å². The van der Waals surface area contributed by atoms with E-state index in [2.05, 4.69) is 5.32 Å². The fourth-order valence-corrected chi connectivity index (χ4v) is 1.91. The van der Waals surface area contributed by atoms with Gasteiger partial charge in [-0.1, -0.05) is 6.07 Å². The van der Waals surface area contributed by atoms with Crippen molar-refractivity contribution in [1.82, 2.24) is 5.32 Å². The number of carbonyl (C=O) groups is 1. The molecule has 1 unspecified atom stereocenters. The van der Waals surface area contributed by atoms with E-state index in [1.54, 1.807) is 11.9 Å². The van der Waals surface area contributed by atoms with Crippen LogP contribution >= 0.6 is 0 Å². The Hall–Kier alpha value is -1.63. The van der Waals surface area contributed by atoms with E-state index in [9.17, 15) is 4.79 Å². The molecule has 5 N–H and O–H groups in total. The number of nitrogens with one attached hydrogen (secondary N) is 1. The molecule has 1 aliphatic rings. The summed E-state index contributed by atoms with van der Waals surface area (Å²) in [5, 5.41) is 3.24. The van der Waals surface area contributed by atoms with Gasteiger partial charge in [0.1, 0.15) is 5.75 Å². The van der Waals surface area contributed by atoms with Crippen LogP contribution in [-0.4, -0.2) is 38.7 Å². The molecular formula is C13H20N4O2. The van der Waals surface area contributed by atoms with Gasteiger partial charge in [-0.05, 0) is 17.7 Å². The molecular weight excluding hydrogens is 244 g/mol. The minimum atomic E-state index is -0.0391. The van der Waals surface area contributed by atoms with Crippen molar-refractivity contribution in [3.8, 4) is 5.75 Å². The summed E-state index contributed by atoms with van der Waals surface area (Å²) in [6.45, 7) is 1.91. The molecule has 0 saturated carbocycles. The van der Waals surface area contributed by atoms with Crippen LogP contribution in [0.2, 0.25) is 0 Å². The average Bonchev–Trinajstić information content (AvgIpc) is 2.43. The maximum atomic E-state index is 11.6. The molecule has 0 aliphatic carbocycles. The number of nitrogens with zero attached hydrogens (tertiary/aromatic N) is 1. The lowest BCUT2D eigenvalue weighted by atomic mass is 10.1. The van der Waals surface area contributed by atoms with Crippen LogP contribution < -0.4 is 26.4 Å². The van der Waals surface area contributed by atoms with Crippen LogP contribution in [0.1, 0.15) is 5.56 Å². The Kier molecular flexibility index (Phi) is 4.36. The molecule has 1 amide bonds. The summed E-state index contributed by atoms with van der Waals surface area (Å²) in [7, 11) is 1.76. The molecule has 1 heterocycles. The number of hydrogen-bond acceptors (Lipinski definition) is 5. The van der Waals surface area contributed by atoms with Gasteiger partial charge in [0.05, 0.1) is 5.69 Å². The quantitative estimate of drug-likeness (QED) is 0.661. The Morgan fingerprint density at radius 1 is 1.53 bits per heavy atom. The van der Waals surface area contributed by atoms with E-state index in [0.29, 0.717) is 19.6 Å². The first kappa shape index (κ1) is 13.8. The minimum Gasteiger partial charge on any atom is -0.482 e. The number of nitrogens with two attached hydrogens (primary N) is 2. The lowest BCUT2D eigenvalue weighted by Crippen LogP contribution is -2.39. The molecule has 2 rings (SSSR count). The van der Waals surface area contributed by atoms with E-state index in [4.69, 9.17) is 16.2 Å².